The van der Waals surface area contributed by atoms with Gasteiger partial charge in [-0.2, -0.15) is 0 Å². The fourth-order valence-corrected chi connectivity index (χ4v) is 1.93. The highest BCUT2D eigenvalue weighted by Gasteiger charge is 1.99. The van der Waals surface area contributed by atoms with E-state index in [0.717, 1.165) is 25.9 Å². The Labute approximate surface area is 105 Å². The number of benzene rings is 1. The smallest absolute Gasteiger partial charge is 0.0443 e. The van der Waals surface area contributed by atoms with Crippen LogP contribution < -0.4 is 0 Å². The van der Waals surface area contributed by atoms with Crippen LogP contribution in [0.5, 0.6) is 0 Å². The van der Waals surface area contributed by atoms with Crippen LogP contribution in [0.2, 0.25) is 0 Å². The fraction of sp³-hybridized carbons (Fsp3) is 0.600. The lowest BCUT2D eigenvalue weighted by atomic mass is 10.1. The number of likely N-dealkylation sites (N-methyl/N-ethyl adjacent to an activating group) is 1. The Hall–Kier alpha value is -0.860. The number of aliphatic hydroxyl groups excluding tert-OH is 1. The monoisotopic (exact) mass is 235 g/mol. The number of hydrogen-bond donors (Lipinski definition) is 1. The molecule has 0 saturated heterocycles. The Morgan fingerprint density at radius 1 is 1.00 bits per heavy atom. The molecule has 0 radical (unpaired) electrons. The maximum absolute atomic E-state index is 8.75. The SMILES string of the molecule is CCCc1ccc(CCN(C)CCCO)cc1. The molecule has 0 atom stereocenters. The molecule has 0 heterocycles. The van der Waals surface area contributed by atoms with E-state index in [1.807, 2.05) is 0 Å². The van der Waals surface area contributed by atoms with Crippen LogP contribution in [0.4, 0.5) is 0 Å². The summed E-state index contributed by atoms with van der Waals surface area (Å²) >= 11 is 0. The van der Waals surface area contributed by atoms with E-state index in [1.54, 1.807) is 0 Å². The predicted molar refractivity (Wildman–Crippen MR) is 73.3 cm³/mol. The minimum atomic E-state index is 0.288. The highest BCUT2D eigenvalue weighted by Crippen LogP contribution is 2.07. The lowest BCUT2D eigenvalue weighted by Crippen LogP contribution is -2.23. The van der Waals surface area contributed by atoms with Gasteiger partial charge in [0.25, 0.3) is 0 Å². The molecule has 0 bridgehead atoms. The quantitative estimate of drug-likeness (QED) is 0.748. The molecule has 2 heteroatoms. The maximum Gasteiger partial charge on any atom is 0.0443 e. The van der Waals surface area contributed by atoms with Gasteiger partial charge in [-0.1, -0.05) is 37.6 Å². The van der Waals surface area contributed by atoms with Gasteiger partial charge in [-0.3, -0.25) is 0 Å². The largest absolute Gasteiger partial charge is 0.396 e. The van der Waals surface area contributed by atoms with Crippen LogP contribution in [-0.2, 0) is 12.8 Å². The van der Waals surface area contributed by atoms with Crippen molar-refractivity contribution in [2.45, 2.75) is 32.6 Å². The van der Waals surface area contributed by atoms with E-state index in [0.29, 0.717) is 0 Å². The summed E-state index contributed by atoms with van der Waals surface area (Å²) < 4.78 is 0. The van der Waals surface area contributed by atoms with Crippen LogP contribution in [0.3, 0.4) is 0 Å². The van der Waals surface area contributed by atoms with Crippen molar-refractivity contribution in [2.24, 2.45) is 0 Å². The molecule has 2 nitrogen and oxygen atoms in total. The maximum atomic E-state index is 8.75. The minimum Gasteiger partial charge on any atom is -0.396 e. The molecular formula is C15H25NO. The molecule has 96 valence electrons. The molecule has 1 aromatic rings. The second-order valence-corrected chi connectivity index (χ2v) is 4.70. The van der Waals surface area contributed by atoms with Gasteiger partial charge in [0.1, 0.15) is 0 Å². The van der Waals surface area contributed by atoms with E-state index < -0.39 is 0 Å². The molecule has 0 saturated carbocycles. The molecule has 0 spiro atoms. The van der Waals surface area contributed by atoms with Gasteiger partial charge < -0.3 is 10.0 Å². The van der Waals surface area contributed by atoms with Crippen LogP contribution in [-0.4, -0.2) is 36.8 Å². The van der Waals surface area contributed by atoms with Crippen LogP contribution in [0.15, 0.2) is 24.3 Å². The molecule has 0 aliphatic heterocycles. The minimum absolute atomic E-state index is 0.288. The molecule has 0 aromatic heterocycles. The first kappa shape index (κ1) is 14.2. The van der Waals surface area contributed by atoms with Gasteiger partial charge in [0.15, 0.2) is 0 Å². The molecule has 1 aromatic carbocycles. The Bertz CT molecular complexity index is 294. The van der Waals surface area contributed by atoms with Crippen LogP contribution in [0.1, 0.15) is 30.9 Å². The number of aryl methyl sites for hydroxylation is 1. The first-order valence-electron chi connectivity index (χ1n) is 6.63. The number of rotatable bonds is 8. The van der Waals surface area contributed by atoms with Crippen LogP contribution in [0, 0.1) is 0 Å². The van der Waals surface area contributed by atoms with Crippen molar-refractivity contribution in [3.63, 3.8) is 0 Å². The zero-order valence-corrected chi connectivity index (χ0v) is 11.2. The first-order chi connectivity index (χ1) is 8.26. The van der Waals surface area contributed by atoms with Gasteiger partial charge in [-0.15, -0.1) is 0 Å². The number of nitrogens with zero attached hydrogens (tertiary/aromatic N) is 1. The van der Waals surface area contributed by atoms with Crippen molar-refractivity contribution in [1.82, 2.24) is 4.90 Å². The second-order valence-electron chi connectivity index (χ2n) is 4.70. The van der Waals surface area contributed by atoms with E-state index in [4.69, 9.17) is 5.11 Å². The average Bonchev–Trinajstić information content (AvgIpc) is 2.36. The number of aliphatic hydroxyl groups is 1. The van der Waals surface area contributed by atoms with Crippen molar-refractivity contribution in [1.29, 1.82) is 0 Å². The number of hydrogen-bond acceptors (Lipinski definition) is 2. The van der Waals surface area contributed by atoms with E-state index in [-0.39, 0.29) is 6.61 Å². The third-order valence-corrected chi connectivity index (χ3v) is 3.04. The summed E-state index contributed by atoms with van der Waals surface area (Å²) in [5, 5.41) is 8.75. The second kappa shape index (κ2) is 8.26. The van der Waals surface area contributed by atoms with Gasteiger partial charge in [-0.05, 0) is 37.4 Å². The molecule has 0 unspecified atom stereocenters. The van der Waals surface area contributed by atoms with Crippen LogP contribution in [0.25, 0.3) is 0 Å². The Kier molecular flexibility index (Phi) is 6.90. The molecule has 1 N–H and O–H groups in total. The van der Waals surface area contributed by atoms with E-state index in [2.05, 4.69) is 43.1 Å². The van der Waals surface area contributed by atoms with E-state index in [1.165, 1.54) is 24.0 Å². The molecule has 0 fully saturated rings. The zero-order valence-electron chi connectivity index (χ0n) is 11.2. The average molecular weight is 235 g/mol. The van der Waals surface area contributed by atoms with Gasteiger partial charge in [0.2, 0.25) is 0 Å². The van der Waals surface area contributed by atoms with Crippen molar-refractivity contribution in [3.05, 3.63) is 35.4 Å². The molecular weight excluding hydrogens is 210 g/mol. The van der Waals surface area contributed by atoms with Crippen molar-refractivity contribution in [2.75, 3.05) is 26.7 Å². The summed E-state index contributed by atoms with van der Waals surface area (Å²) in [6.45, 7) is 4.54. The first-order valence-corrected chi connectivity index (χ1v) is 6.63. The standard InChI is InChI=1S/C15H25NO/c1-3-5-14-6-8-15(9-7-14)10-12-16(2)11-4-13-17/h6-9,17H,3-5,10-13H2,1-2H3. The van der Waals surface area contributed by atoms with Crippen molar-refractivity contribution in [3.8, 4) is 0 Å². The Balaban J connectivity index is 2.31. The highest BCUT2D eigenvalue weighted by molar-refractivity contribution is 5.22. The lowest BCUT2D eigenvalue weighted by molar-refractivity contribution is 0.248. The van der Waals surface area contributed by atoms with Crippen molar-refractivity contribution >= 4 is 0 Å². The Morgan fingerprint density at radius 2 is 1.59 bits per heavy atom. The molecule has 1 rings (SSSR count). The zero-order chi connectivity index (χ0) is 12.5. The highest BCUT2D eigenvalue weighted by atomic mass is 16.3. The van der Waals surface area contributed by atoms with Gasteiger partial charge in [0.05, 0.1) is 0 Å². The molecule has 0 amide bonds. The van der Waals surface area contributed by atoms with Crippen LogP contribution >= 0.6 is 0 Å². The molecule has 17 heavy (non-hydrogen) atoms. The van der Waals surface area contributed by atoms with Gasteiger partial charge in [-0.25, -0.2) is 0 Å². The van der Waals surface area contributed by atoms with E-state index in [9.17, 15) is 0 Å². The summed E-state index contributed by atoms with van der Waals surface area (Å²) in [5.41, 5.74) is 2.84. The van der Waals surface area contributed by atoms with Gasteiger partial charge in [0, 0.05) is 19.7 Å². The topological polar surface area (TPSA) is 23.5 Å². The third-order valence-electron chi connectivity index (χ3n) is 3.04. The summed E-state index contributed by atoms with van der Waals surface area (Å²) in [4.78, 5) is 2.27. The third kappa shape index (κ3) is 5.85. The van der Waals surface area contributed by atoms with Gasteiger partial charge >= 0.3 is 0 Å². The summed E-state index contributed by atoms with van der Waals surface area (Å²) in [7, 11) is 2.11. The predicted octanol–water partition coefficient (Wildman–Crippen LogP) is 2.50. The summed E-state index contributed by atoms with van der Waals surface area (Å²) in [6.07, 6.45) is 4.35. The Morgan fingerprint density at radius 3 is 2.12 bits per heavy atom. The lowest BCUT2D eigenvalue weighted by Gasteiger charge is -2.15. The fourth-order valence-electron chi connectivity index (χ4n) is 1.93. The van der Waals surface area contributed by atoms with E-state index >= 15 is 0 Å². The molecule has 0 aliphatic rings. The summed E-state index contributed by atoms with van der Waals surface area (Å²) in [6, 6.07) is 8.97. The van der Waals surface area contributed by atoms with Crippen molar-refractivity contribution < 1.29 is 5.11 Å². The molecule has 0 aliphatic carbocycles. The normalized spacial score (nSPS) is 11.1. The summed E-state index contributed by atoms with van der Waals surface area (Å²) in [5.74, 6) is 0.